The molecule has 2 aromatic rings. The van der Waals surface area contributed by atoms with Gasteiger partial charge in [0, 0.05) is 23.4 Å². The smallest absolute Gasteiger partial charge is 0.168 e. The highest BCUT2D eigenvalue weighted by Gasteiger charge is 2.20. The molecule has 0 spiro atoms. The van der Waals surface area contributed by atoms with Crippen molar-refractivity contribution in [1.82, 2.24) is 25.5 Å². The molecule has 0 aliphatic rings. The summed E-state index contributed by atoms with van der Waals surface area (Å²) in [5.41, 5.74) is 0. The summed E-state index contributed by atoms with van der Waals surface area (Å²) in [5, 5.41) is 15.5. The SMILES string of the molecule is COCCNC(C)c1nnnn1C(C)c1ccc(C)s1. The molecular weight excluding hydrogens is 274 g/mol. The first-order valence-electron chi connectivity index (χ1n) is 6.70. The van der Waals surface area contributed by atoms with E-state index < -0.39 is 0 Å². The van der Waals surface area contributed by atoms with Crippen LogP contribution >= 0.6 is 11.3 Å². The maximum Gasteiger partial charge on any atom is 0.168 e. The van der Waals surface area contributed by atoms with Crippen LogP contribution in [-0.4, -0.2) is 40.5 Å². The lowest BCUT2D eigenvalue weighted by molar-refractivity contribution is 0.195. The van der Waals surface area contributed by atoms with Gasteiger partial charge >= 0.3 is 0 Å². The number of hydrogen-bond acceptors (Lipinski definition) is 6. The molecule has 6 nitrogen and oxygen atoms in total. The van der Waals surface area contributed by atoms with Crippen molar-refractivity contribution >= 4 is 11.3 Å². The number of ether oxygens (including phenoxy) is 1. The highest BCUT2D eigenvalue weighted by atomic mass is 32.1. The number of thiophene rings is 1. The van der Waals surface area contributed by atoms with Gasteiger partial charge in [-0.2, -0.15) is 0 Å². The fourth-order valence-corrected chi connectivity index (χ4v) is 2.94. The third-order valence-electron chi connectivity index (χ3n) is 3.20. The molecule has 0 amide bonds. The standard InChI is InChI=1S/C13H21N5OS/c1-9-5-6-12(20-9)11(3)18-13(15-16-17-18)10(2)14-7-8-19-4/h5-6,10-11,14H,7-8H2,1-4H3. The molecule has 2 heterocycles. The Morgan fingerprint density at radius 2 is 2.20 bits per heavy atom. The first kappa shape index (κ1) is 15.1. The van der Waals surface area contributed by atoms with Gasteiger partial charge in [0.15, 0.2) is 5.82 Å². The molecule has 7 heteroatoms. The second kappa shape index (κ2) is 6.92. The van der Waals surface area contributed by atoms with Crippen LogP contribution in [0.2, 0.25) is 0 Å². The monoisotopic (exact) mass is 295 g/mol. The van der Waals surface area contributed by atoms with E-state index in [2.05, 4.69) is 53.7 Å². The molecule has 2 unspecified atom stereocenters. The minimum Gasteiger partial charge on any atom is -0.383 e. The number of aryl methyl sites for hydroxylation is 1. The molecule has 2 rings (SSSR count). The second-order valence-electron chi connectivity index (χ2n) is 4.77. The molecule has 110 valence electrons. The van der Waals surface area contributed by atoms with Crippen LogP contribution in [0.3, 0.4) is 0 Å². The highest BCUT2D eigenvalue weighted by Crippen LogP contribution is 2.26. The van der Waals surface area contributed by atoms with E-state index >= 15 is 0 Å². The number of rotatable bonds is 7. The summed E-state index contributed by atoms with van der Waals surface area (Å²) in [4.78, 5) is 2.56. The predicted octanol–water partition coefficient (Wildman–Crippen LogP) is 1.95. The number of nitrogens with one attached hydrogen (secondary N) is 1. The zero-order valence-electron chi connectivity index (χ0n) is 12.3. The van der Waals surface area contributed by atoms with E-state index in [-0.39, 0.29) is 12.1 Å². The van der Waals surface area contributed by atoms with Gasteiger partial charge in [0.1, 0.15) is 0 Å². The summed E-state index contributed by atoms with van der Waals surface area (Å²) in [5.74, 6) is 0.847. The molecule has 1 N–H and O–H groups in total. The largest absolute Gasteiger partial charge is 0.383 e. The zero-order valence-corrected chi connectivity index (χ0v) is 13.1. The highest BCUT2D eigenvalue weighted by molar-refractivity contribution is 7.12. The van der Waals surface area contributed by atoms with Gasteiger partial charge in [-0.3, -0.25) is 0 Å². The normalized spacial score (nSPS) is 14.4. The van der Waals surface area contributed by atoms with Crippen LogP contribution < -0.4 is 5.32 Å². The first-order valence-corrected chi connectivity index (χ1v) is 7.51. The summed E-state index contributed by atoms with van der Waals surface area (Å²) >= 11 is 1.78. The van der Waals surface area contributed by atoms with Crippen LogP contribution in [0.1, 0.15) is 41.5 Å². The maximum absolute atomic E-state index is 5.04. The number of aromatic nitrogens is 4. The van der Waals surface area contributed by atoms with Crippen LogP contribution in [0.5, 0.6) is 0 Å². The quantitative estimate of drug-likeness (QED) is 0.791. The number of hydrogen-bond donors (Lipinski definition) is 1. The van der Waals surface area contributed by atoms with E-state index in [1.807, 2.05) is 4.68 Å². The molecule has 0 radical (unpaired) electrons. The van der Waals surface area contributed by atoms with Gasteiger partial charge in [0.2, 0.25) is 0 Å². The third-order valence-corrected chi connectivity index (χ3v) is 4.37. The third kappa shape index (κ3) is 3.41. The Kier molecular flexibility index (Phi) is 5.22. The topological polar surface area (TPSA) is 64.9 Å². The molecule has 0 fully saturated rings. The number of tetrazole rings is 1. The van der Waals surface area contributed by atoms with E-state index in [1.54, 1.807) is 18.4 Å². The number of nitrogens with zero attached hydrogens (tertiary/aromatic N) is 4. The lowest BCUT2D eigenvalue weighted by atomic mass is 10.2. The fourth-order valence-electron chi connectivity index (χ4n) is 2.03. The van der Waals surface area contributed by atoms with Crippen molar-refractivity contribution in [2.24, 2.45) is 0 Å². The second-order valence-corrected chi connectivity index (χ2v) is 6.09. The van der Waals surface area contributed by atoms with Gasteiger partial charge < -0.3 is 10.1 Å². The molecule has 0 saturated carbocycles. The van der Waals surface area contributed by atoms with E-state index in [4.69, 9.17) is 4.74 Å². The molecule has 2 atom stereocenters. The Labute approximate surface area is 123 Å². The Morgan fingerprint density at radius 3 is 2.85 bits per heavy atom. The van der Waals surface area contributed by atoms with Crippen molar-refractivity contribution in [2.75, 3.05) is 20.3 Å². The van der Waals surface area contributed by atoms with Crippen LogP contribution in [0.15, 0.2) is 12.1 Å². The molecule has 0 aliphatic heterocycles. The lowest BCUT2D eigenvalue weighted by Gasteiger charge is -2.16. The van der Waals surface area contributed by atoms with Crippen molar-refractivity contribution in [1.29, 1.82) is 0 Å². The number of methoxy groups -OCH3 is 1. The molecule has 0 saturated heterocycles. The molecule has 0 aromatic carbocycles. The minimum atomic E-state index is 0.0867. The maximum atomic E-state index is 5.04. The molecular formula is C13H21N5OS. The summed E-state index contributed by atoms with van der Waals surface area (Å²) in [6.45, 7) is 7.73. The van der Waals surface area contributed by atoms with Gasteiger partial charge in [-0.05, 0) is 43.3 Å². The van der Waals surface area contributed by atoms with Crippen molar-refractivity contribution in [2.45, 2.75) is 32.9 Å². The zero-order chi connectivity index (χ0) is 14.5. The summed E-state index contributed by atoms with van der Waals surface area (Å²) in [7, 11) is 1.69. The van der Waals surface area contributed by atoms with Crippen LogP contribution in [-0.2, 0) is 4.74 Å². The molecule has 20 heavy (non-hydrogen) atoms. The van der Waals surface area contributed by atoms with E-state index in [9.17, 15) is 0 Å². The van der Waals surface area contributed by atoms with Gasteiger partial charge in [0.25, 0.3) is 0 Å². The summed E-state index contributed by atoms with van der Waals surface area (Å²) < 4.78 is 6.92. The first-order chi connectivity index (χ1) is 9.63. The fraction of sp³-hybridized carbons (Fsp3) is 0.615. The van der Waals surface area contributed by atoms with Gasteiger partial charge in [-0.1, -0.05) is 0 Å². The average Bonchev–Trinajstić information content (AvgIpc) is 3.06. The average molecular weight is 295 g/mol. The van der Waals surface area contributed by atoms with Crippen molar-refractivity contribution in [3.63, 3.8) is 0 Å². The summed E-state index contributed by atoms with van der Waals surface area (Å²) in [6, 6.07) is 4.49. The Bertz CT molecular complexity index is 538. The van der Waals surface area contributed by atoms with Crippen molar-refractivity contribution in [3.05, 3.63) is 27.7 Å². The minimum absolute atomic E-state index is 0.0867. The van der Waals surface area contributed by atoms with Gasteiger partial charge in [-0.25, -0.2) is 4.68 Å². The Balaban J connectivity index is 2.11. The van der Waals surface area contributed by atoms with E-state index in [0.29, 0.717) is 6.61 Å². The summed E-state index contributed by atoms with van der Waals surface area (Å²) in [6.07, 6.45) is 0. The van der Waals surface area contributed by atoms with E-state index in [0.717, 1.165) is 12.4 Å². The lowest BCUT2D eigenvalue weighted by Crippen LogP contribution is -2.26. The van der Waals surface area contributed by atoms with Crippen LogP contribution in [0, 0.1) is 6.92 Å². The van der Waals surface area contributed by atoms with Crippen molar-refractivity contribution < 1.29 is 4.74 Å². The Hall–Kier alpha value is -1.31. The van der Waals surface area contributed by atoms with Gasteiger partial charge in [-0.15, -0.1) is 16.4 Å². The molecule has 0 aliphatic carbocycles. The predicted molar refractivity (Wildman–Crippen MR) is 79.0 cm³/mol. The molecule has 2 aromatic heterocycles. The van der Waals surface area contributed by atoms with E-state index in [1.165, 1.54) is 9.75 Å². The van der Waals surface area contributed by atoms with Gasteiger partial charge in [0.05, 0.1) is 18.7 Å². The molecule has 0 bridgehead atoms. The Morgan fingerprint density at radius 1 is 1.40 bits per heavy atom. The van der Waals surface area contributed by atoms with Crippen LogP contribution in [0.25, 0.3) is 0 Å². The van der Waals surface area contributed by atoms with Crippen molar-refractivity contribution in [3.8, 4) is 0 Å². The van der Waals surface area contributed by atoms with Crippen LogP contribution in [0.4, 0.5) is 0 Å².